The lowest BCUT2D eigenvalue weighted by Crippen LogP contribution is -2.24. The zero-order chi connectivity index (χ0) is 14.4. The first-order valence-corrected chi connectivity index (χ1v) is 8.84. The van der Waals surface area contributed by atoms with Crippen molar-refractivity contribution in [3.05, 3.63) is 39.0 Å². The predicted octanol–water partition coefficient (Wildman–Crippen LogP) is 4.40. The molecule has 0 aliphatic carbocycles. The van der Waals surface area contributed by atoms with Crippen LogP contribution >= 0.6 is 27.3 Å². The van der Waals surface area contributed by atoms with Crippen molar-refractivity contribution < 1.29 is 0 Å². The molecule has 0 saturated heterocycles. The van der Waals surface area contributed by atoms with E-state index in [9.17, 15) is 0 Å². The molecular weight excluding hydrogens is 334 g/mol. The Kier molecular flexibility index (Phi) is 6.26. The minimum Gasteiger partial charge on any atom is -0.335 e. The smallest absolute Gasteiger partial charge is 0.110 e. The van der Waals surface area contributed by atoms with Crippen LogP contribution in [-0.2, 0) is 13.0 Å². The number of aromatic nitrogens is 2. The minimum absolute atomic E-state index is 0.351. The molecule has 2 heterocycles. The number of hydrogen-bond donors (Lipinski definition) is 1. The zero-order valence-corrected chi connectivity index (χ0v) is 14.5. The summed E-state index contributed by atoms with van der Waals surface area (Å²) in [5, 5.41) is 3.64. The topological polar surface area (TPSA) is 29.9 Å². The van der Waals surface area contributed by atoms with Crippen molar-refractivity contribution in [2.45, 2.75) is 45.7 Å². The number of halogens is 1. The van der Waals surface area contributed by atoms with Crippen molar-refractivity contribution in [3.8, 4) is 0 Å². The highest BCUT2D eigenvalue weighted by Gasteiger charge is 2.16. The van der Waals surface area contributed by atoms with E-state index in [1.54, 1.807) is 11.3 Å². The molecule has 1 unspecified atom stereocenters. The van der Waals surface area contributed by atoms with Gasteiger partial charge in [0.25, 0.3) is 0 Å². The molecule has 0 amide bonds. The third-order valence-electron chi connectivity index (χ3n) is 3.23. The maximum Gasteiger partial charge on any atom is 0.110 e. The number of hydrogen-bond acceptors (Lipinski definition) is 3. The highest BCUT2D eigenvalue weighted by Crippen LogP contribution is 2.29. The largest absolute Gasteiger partial charge is 0.335 e. The summed E-state index contributed by atoms with van der Waals surface area (Å²) in [5.41, 5.74) is 0. The van der Waals surface area contributed by atoms with Gasteiger partial charge in [-0.25, -0.2) is 4.98 Å². The van der Waals surface area contributed by atoms with Crippen LogP contribution in [0, 0.1) is 0 Å². The summed E-state index contributed by atoms with van der Waals surface area (Å²) >= 11 is 5.36. The molecule has 0 radical (unpaired) electrons. The second-order valence-electron chi connectivity index (χ2n) is 4.89. The van der Waals surface area contributed by atoms with E-state index in [1.807, 2.05) is 6.20 Å². The summed E-state index contributed by atoms with van der Waals surface area (Å²) in [5.74, 6) is 1.17. The monoisotopic (exact) mass is 355 g/mol. The third-order valence-corrected chi connectivity index (χ3v) is 4.97. The van der Waals surface area contributed by atoms with Crippen molar-refractivity contribution in [2.24, 2.45) is 0 Å². The average Bonchev–Trinajstić information content (AvgIpc) is 3.04. The van der Waals surface area contributed by atoms with Crippen molar-refractivity contribution in [1.29, 1.82) is 0 Å². The number of aryl methyl sites for hydroxylation is 1. The summed E-state index contributed by atoms with van der Waals surface area (Å²) in [6.07, 6.45) is 7.22. The Morgan fingerprint density at radius 3 is 2.85 bits per heavy atom. The Morgan fingerprint density at radius 1 is 1.35 bits per heavy atom. The standard InChI is InChI=1S/C15H22BrN3S/c1-3-7-17-12(13-5-6-14(16)20-13)11-15-18-8-10-19(15)9-4-2/h5-6,8,10,12,17H,3-4,7,9,11H2,1-2H3. The molecule has 1 N–H and O–H groups in total. The molecular formula is C15H22BrN3S. The number of imidazole rings is 1. The van der Waals surface area contributed by atoms with Crippen molar-refractivity contribution >= 4 is 27.3 Å². The molecule has 0 aromatic carbocycles. The molecule has 0 aliphatic rings. The second-order valence-corrected chi connectivity index (χ2v) is 7.38. The minimum atomic E-state index is 0.351. The highest BCUT2D eigenvalue weighted by molar-refractivity contribution is 9.11. The van der Waals surface area contributed by atoms with Crippen molar-refractivity contribution in [1.82, 2.24) is 14.9 Å². The van der Waals surface area contributed by atoms with Crippen LogP contribution in [-0.4, -0.2) is 16.1 Å². The lowest BCUT2D eigenvalue weighted by molar-refractivity contribution is 0.508. The molecule has 0 spiro atoms. The van der Waals surface area contributed by atoms with Crippen molar-refractivity contribution in [2.75, 3.05) is 6.54 Å². The van der Waals surface area contributed by atoms with Crippen LogP contribution in [0.3, 0.4) is 0 Å². The number of nitrogens with zero attached hydrogens (tertiary/aromatic N) is 2. The quantitative estimate of drug-likeness (QED) is 0.760. The van der Waals surface area contributed by atoms with Crippen LogP contribution < -0.4 is 5.32 Å². The Morgan fingerprint density at radius 2 is 2.20 bits per heavy atom. The van der Waals surface area contributed by atoms with Gasteiger partial charge in [-0.15, -0.1) is 11.3 Å². The first-order chi connectivity index (χ1) is 9.74. The summed E-state index contributed by atoms with van der Waals surface area (Å²) in [4.78, 5) is 5.90. The van der Waals surface area contributed by atoms with Gasteiger partial charge in [0.1, 0.15) is 5.82 Å². The average molecular weight is 356 g/mol. The first-order valence-electron chi connectivity index (χ1n) is 7.23. The normalized spacial score (nSPS) is 12.8. The maximum atomic E-state index is 4.53. The summed E-state index contributed by atoms with van der Waals surface area (Å²) in [7, 11) is 0. The van der Waals surface area contributed by atoms with E-state index >= 15 is 0 Å². The Balaban J connectivity index is 2.12. The van der Waals surface area contributed by atoms with E-state index in [1.165, 1.54) is 14.5 Å². The molecule has 3 nitrogen and oxygen atoms in total. The summed E-state index contributed by atoms with van der Waals surface area (Å²) < 4.78 is 3.45. The van der Waals surface area contributed by atoms with Gasteiger partial charge in [-0.1, -0.05) is 13.8 Å². The fraction of sp³-hybridized carbons (Fsp3) is 0.533. The van der Waals surface area contributed by atoms with Crippen LogP contribution in [0.5, 0.6) is 0 Å². The lowest BCUT2D eigenvalue weighted by Gasteiger charge is -2.17. The van der Waals surface area contributed by atoms with Crippen LogP contribution in [0.15, 0.2) is 28.3 Å². The fourth-order valence-electron chi connectivity index (χ4n) is 2.26. The molecule has 20 heavy (non-hydrogen) atoms. The molecule has 0 bridgehead atoms. The van der Waals surface area contributed by atoms with E-state index in [4.69, 9.17) is 0 Å². The molecule has 5 heteroatoms. The zero-order valence-electron chi connectivity index (χ0n) is 12.1. The fourth-order valence-corrected chi connectivity index (χ4v) is 3.76. The Labute approximate surface area is 133 Å². The summed E-state index contributed by atoms with van der Waals surface area (Å²) in [6, 6.07) is 4.68. The molecule has 2 aromatic heterocycles. The van der Waals surface area contributed by atoms with Gasteiger partial charge in [0.2, 0.25) is 0 Å². The predicted molar refractivity (Wildman–Crippen MR) is 89.3 cm³/mol. The van der Waals surface area contributed by atoms with E-state index in [-0.39, 0.29) is 0 Å². The summed E-state index contributed by atoms with van der Waals surface area (Å²) in [6.45, 7) is 6.48. The lowest BCUT2D eigenvalue weighted by atomic mass is 10.1. The van der Waals surface area contributed by atoms with Gasteiger partial charge in [0, 0.05) is 36.3 Å². The van der Waals surface area contributed by atoms with Crippen LogP contribution in [0.25, 0.3) is 0 Å². The Bertz CT molecular complexity index is 521. The van der Waals surface area contributed by atoms with Gasteiger partial charge < -0.3 is 9.88 Å². The molecule has 2 aromatic rings. The molecule has 110 valence electrons. The van der Waals surface area contributed by atoms with Gasteiger partial charge in [-0.2, -0.15) is 0 Å². The SMILES string of the molecule is CCCNC(Cc1nccn1CCC)c1ccc(Br)s1. The van der Waals surface area contributed by atoms with Crippen LogP contribution in [0.1, 0.15) is 43.4 Å². The van der Waals surface area contributed by atoms with Gasteiger partial charge in [0.05, 0.1) is 3.79 Å². The third kappa shape index (κ3) is 4.17. The van der Waals surface area contributed by atoms with Gasteiger partial charge in [0.15, 0.2) is 0 Å². The number of thiophene rings is 1. The van der Waals surface area contributed by atoms with E-state index in [2.05, 4.69) is 63.0 Å². The first kappa shape index (κ1) is 15.7. The maximum absolute atomic E-state index is 4.53. The van der Waals surface area contributed by atoms with E-state index in [0.29, 0.717) is 6.04 Å². The molecule has 1 atom stereocenters. The molecule has 0 fully saturated rings. The van der Waals surface area contributed by atoms with Crippen molar-refractivity contribution in [3.63, 3.8) is 0 Å². The molecule has 0 saturated carbocycles. The molecule has 2 rings (SSSR count). The van der Waals surface area contributed by atoms with E-state index in [0.717, 1.165) is 32.4 Å². The second kappa shape index (κ2) is 7.96. The highest BCUT2D eigenvalue weighted by atomic mass is 79.9. The van der Waals surface area contributed by atoms with Gasteiger partial charge in [-0.3, -0.25) is 0 Å². The number of nitrogens with one attached hydrogen (secondary N) is 1. The Hall–Kier alpha value is -0.650. The van der Waals surface area contributed by atoms with E-state index < -0.39 is 0 Å². The van der Waals surface area contributed by atoms with Gasteiger partial charge >= 0.3 is 0 Å². The molecule has 0 aliphatic heterocycles. The van der Waals surface area contributed by atoms with Crippen LogP contribution in [0.4, 0.5) is 0 Å². The van der Waals surface area contributed by atoms with Gasteiger partial charge in [-0.05, 0) is 47.4 Å². The number of rotatable bonds is 8. The van der Waals surface area contributed by atoms with Crippen LogP contribution in [0.2, 0.25) is 0 Å².